The fourth-order valence-corrected chi connectivity index (χ4v) is 2.81. The Morgan fingerprint density at radius 1 is 1.35 bits per heavy atom. The van der Waals surface area contributed by atoms with Crippen LogP contribution in [0.2, 0.25) is 0 Å². The molecule has 1 fully saturated rings. The van der Waals surface area contributed by atoms with Crippen molar-refractivity contribution in [2.45, 2.75) is 52.2 Å². The number of likely N-dealkylation sites (tertiary alicyclic amines) is 1. The lowest BCUT2D eigenvalue weighted by Gasteiger charge is -2.39. The third-order valence-electron chi connectivity index (χ3n) is 3.82. The van der Waals surface area contributed by atoms with Gasteiger partial charge in [0.25, 0.3) is 5.91 Å². The second-order valence-corrected chi connectivity index (χ2v) is 6.97. The lowest BCUT2D eigenvalue weighted by molar-refractivity contribution is -0.163. The van der Waals surface area contributed by atoms with Crippen molar-refractivity contribution in [3.05, 3.63) is 29.8 Å². The van der Waals surface area contributed by atoms with Gasteiger partial charge in [0.05, 0.1) is 5.56 Å². The minimum atomic E-state index is -0.641. The molecule has 2 unspecified atom stereocenters. The summed E-state index contributed by atoms with van der Waals surface area (Å²) in [4.78, 5) is 30.3. The molecule has 0 aromatic carbocycles. The van der Waals surface area contributed by atoms with Crippen LogP contribution in [-0.4, -0.2) is 39.9 Å². The topological polar surface area (TPSA) is 59.5 Å². The van der Waals surface area contributed by atoms with E-state index in [-0.39, 0.29) is 17.4 Å². The molecule has 5 nitrogen and oxygen atoms in total. The van der Waals surface area contributed by atoms with Gasteiger partial charge in [-0.05, 0) is 51.7 Å². The Morgan fingerprint density at radius 3 is 2.61 bits per heavy atom. The normalized spacial score (nSPS) is 21.9. The Labute approximate surface area is 135 Å². The number of carbonyl (C=O) groups is 2. The molecule has 1 saturated heterocycles. The summed E-state index contributed by atoms with van der Waals surface area (Å²) in [5.41, 5.74) is -0.338. The summed E-state index contributed by atoms with van der Waals surface area (Å²) < 4.78 is 18.4. The number of halogens is 1. The fourth-order valence-electron chi connectivity index (χ4n) is 2.81. The minimum Gasteiger partial charge on any atom is -0.458 e. The number of esters is 1. The number of amides is 1. The van der Waals surface area contributed by atoms with Crippen molar-refractivity contribution < 1.29 is 18.7 Å². The van der Waals surface area contributed by atoms with Gasteiger partial charge in [-0.25, -0.2) is 9.78 Å². The molecule has 0 spiro atoms. The number of hydrogen-bond acceptors (Lipinski definition) is 4. The summed E-state index contributed by atoms with van der Waals surface area (Å²) in [5.74, 6) is -1.35. The summed E-state index contributed by atoms with van der Waals surface area (Å²) >= 11 is 0. The van der Waals surface area contributed by atoms with E-state index in [1.54, 1.807) is 20.8 Å². The van der Waals surface area contributed by atoms with Crippen LogP contribution in [-0.2, 0) is 9.53 Å². The molecule has 0 aliphatic carbocycles. The summed E-state index contributed by atoms with van der Waals surface area (Å²) in [7, 11) is 0. The van der Waals surface area contributed by atoms with Gasteiger partial charge in [0, 0.05) is 12.7 Å². The molecule has 2 atom stereocenters. The first-order chi connectivity index (χ1) is 10.7. The molecule has 0 saturated carbocycles. The Hall–Kier alpha value is -1.98. The molecule has 23 heavy (non-hydrogen) atoms. The summed E-state index contributed by atoms with van der Waals surface area (Å²) in [6, 6.07) is 1.90. The van der Waals surface area contributed by atoms with Crippen LogP contribution in [0.25, 0.3) is 0 Å². The molecule has 126 valence electrons. The highest BCUT2D eigenvalue weighted by atomic mass is 19.1. The van der Waals surface area contributed by atoms with Gasteiger partial charge in [0.2, 0.25) is 5.95 Å². The smallest absolute Gasteiger partial charge is 0.329 e. The van der Waals surface area contributed by atoms with Gasteiger partial charge >= 0.3 is 5.97 Å². The third-order valence-corrected chi connectivity index (χ3v) is 3.82. The average molecular weight is 322 g/mol. The van der Waals surface area contributed by atoms with Gasteiger partial charge in [-0.1, -0.05) is 6.92 Å². The van der Waals surface area contributed by atoms with Crippen molar-refractivity contribution in [2.75, 3.05) is 6.54 Å². The van der Waals surface area contributed by atoms with Gasteiger partial charge in [-0.15, -0.1) is 0 Å². The van der Waals surface area contributed by atoms with Crippen LogP contribution in [0, 0.1) is 11.9 Å². The largest absolute Gasteiger partial charge is 0.458 e. The predicted molar refractivity (Wildman–Crippen MR) is 83.3 cm³/mol. The van der Waals surface area contributed by atoms with Gasteiger partial charge in [0.15, 0.2) is 0 Å². The maximum absolute atomic E-state index is 12.9. The Bertz CT molecular complexity index is 580. The number of hydrogen-bond donors (Lipinski definition) is 0. The Kier molecular flexibility index (Phi) is 5.02. The number of pyridine rings is 1. The summed E-state index contributed by atoms with van der Waals surface area (Å²) in [5, 5.41) is 0. The van der Waals surface area contributed by atoms with E-state index < -0.39 is 23.6 Å². The number of aromatic nitrogens is 1. The molecule has 1 amide bonds. The zero-order valence-corrected chi connectivity index (χ0v) is 14.0. The zero-order chi connectivity index (χ0) is 17.2. The lowest BCUT2D eigenvalue weighted by Crippen LogP contribution is -2.53. The molecule has 6 heteroatoms. The number of rotatable bonds is 2. The molecule has 1 aromatic rings. The SMILES string of the molecule is CC1CCCN(C(=O)c2ccc(F)nc2)C1C(=O)OC(C)(C)C. The van der Waals surface area contributed by atoms with E-state index in [0.717, 1.165) is 18.9 Å². The standard InChI is InChI=1S/C17H23FN2O3/c1-11-6-5-9-20(14(11)16(22)23-17(2,3)4)15(21)12-7-8-13(18)19-10-12/h7-8,10-11,14H,5-6,9H2,1-4H3. The molecule has 0 bridgehead atoms. The molecule has 2 heterocycles. The molecule has 2 rings (SSSR count). The van der Waals surface area contributed by atoms with Crippen LogP contribution >= 0.6 is 0 Å². The highest BCUT2D eigenvalue weighted by molar-refractivity contribution is 5.96. The quantitative estimate of drug-likeness (QED) is 0.620. The third kappa shape index (κ3) is 4.27. The van der Waals surface area contributed by atoms with E-state index in [1.807, 2.05) is 6.92 Å². The second-order valence-electron chi connectivity index (χ2n) is 6.97. The van der Waals surface area contributed by atoms with E-state index in [0.29, 0.717) is 6.54 Å². The van der Waals surface area contributed by atoms with Gasteiger partial charge in [-0.3, -0.25) is 4.79 Å². The molecule has 1 aromatic heterocycles. The first kappa shape index (κ1) is 17.4. The first-order valence-electron chi connectivity index (χ1n) is 7.84. The Balaban J connectivity index is 2.24. The fraction of sp³-hybridized carbons (Fsp3) is 0.588. The monoisotopic (exact) mass is 322 g/mol. The van der Waals surface area contributed by atoms with Crippen molar-refractivity contribution in [1.29, 1.82) is 0 Å². The van der Waals surface area contributed by atoms with Gasteiger partial charge in [0.1, 0.15) is 11.6 Å². The van der Waals surface area contributed by atoms with Crippen LogP contribution in [0.5, 0.6) is 0 Å². The van der Waals surface area contributed by atoms with Crippen LogP contribution in [0.15, 0.2) is 18.3 Å². The number of ether oxygens (including phenoxy) is 1. The number of nitrogens with zero attached hydrogens (tertiary/aromatic N) is 2. The predicted octanol–water partition coefficient (Wildman–Crippen LogP) is 2.80. The van der Waals surface area contributed by atoms with Gasteiger partial charge < -0.3 is 9.64 Å². The van der Waals surface area contributed by atoms with Crippen LogP contribution in [0.4, 0.5) is 4.39 Å². The highest BCUT2D eigenvalue weighted by Gasteiger charge is 2.39. The van der Waals surface area contributed by atoms with Crippen molar-refractivity contribution >= 4 is 11.9 Å². The maximum atomic E-state index is 12.9. The van der Waals surface area contributed by atoms with Crippen LogP contribution in [0.1, 0.15) is 50.9 Å². The van der Waals surface area contributed by atoms with Crippen molar-refractivity contribution in [1.82, 2.24) is 9.88 Å². The second kappa shape index (κ2) is 6.64. The molecule has 0 radical (unpaired) electrons. The highest BCUT2D eigenvalue weighted by Crippen LogP contribution is 2.27. The minimum absolute atomic E-state index is 0.0101. The van der Waals surface area contributed by atoms with Crippen LogP contribution < -0.4 is 0 Å². The lowest BCUT2D eigenvalue weighted by atomic mass is 9.90. The van der Waals surface area contributed by atoms with Gasteiger partial charge in [-0.2, -0.15) is 4.39 Å². The van der Waals surface area contributed by atoms with Crippen LogP contribution in [0.3, 0.4) is 0 Å². The average Bonchev–Trinajstić information content (AvgIpc) is 2.45. The summed E-state index contributed by atoms with van der Waals surface area (Å²) in [6.07, 6.45) is 2.87. The molecular weight excluding hydrogens is 299 g/mol. The van der Waals surface area contributed by atoms with E-state index in [2.05, 4.69) is 4.98 Å². The maximum Gasteiger partial charge on any atom is 0.329 e. The molecule has 1 aliphatic heterocycles. The molecule has 0 N–H and O–H groups in total. The van der Waals surface area contributed by atoms with Crippen molar-refractivity contribution in [2.24, 2.45) is 5.92 Å². The van der Waals surface area contributed by atoms with E-state index in [4.69, 9.17) is 4.74 Å². The summed E-state index contributed by atoms with van der Waals surface area (Å²) in [6.45, 7) is 7.82. The van der Waals surface area contributed by atoms with E-state index in [9.17, 15) is 14.0 Å². The van der Waals surface area contributed by atoms with E-state index >= 15 is 0 Å². The first-order valence-corrected chi connectivity index (χ1v) is 7.84. The van der Waals surface area contributed by atoms with E-state index in [1.165, 1.54) is 17.2 Å². The zero-order valence-electron chi connectivity index (χ0n) is 14.0. The Morgan fingerprint density at radius 2 is 2.04 bits per heavy atom. The number of carbonyl (C=O) groups excluding carboxylic acids is 2. The molecule has 1 aliphatic rings. The number of piperidine rings is 1. The van der Waals surface area contributed by atoms with Crippen molar-refractivity contribution in [3.8, 4) is 0 Å². The van der Waals surface area contributed by atoms with Crippen molar-refractivity contribution in [3.63, 3.8) is 0 Å². The molecular formula is C17H23FN2O3.